The quantitative estimate of drug-likeness (QED) is 0.746. The summed E-state index contributed by atoms with van der Waals surface area (Å²) >= 11 is 0. The van der Waals surface area contributed by atoms with Gasteiger partial charge in [0.25, 0.3) is 0 Å². The fourth-order valence-corrected chi connectivity index (χ4v) is 2.69. The first kappa shape index (κ1) is 14.1. The second kappa shape index (κ2) is 5.76. The molecule has 104 valence electrons. The van der Waals surface area contributed by atoms with Crippen LogP contribution in [0.15, 0.2) is 24.3 Å². The molecule has 0 saturated carbocycles. The minimum Gasteiger partial charge on any atom is -0.358 e. The Kier molecular flexibility index (Phi) is 4.27. The zero-order valence-corrected chi connectivity index (χ0v) is 12.4. The first-order valence-corrected chi connectivity index (χ1v) is 6.99. The summed E-state index contributed by atoms with van der Waals surface area (Å²) in [6.07, 6.45) is 1.06. The molecule has 3 nitrogen and oxygen atoms in total. The Morgan fingerprint density at radius 1 is 1.21 bits per heavy atom. The molecule has 0 bridgehead atoms. The third-order valence-corrected chi connectivity index (χ3v) is 3.62. The maximum atomic E-state index is 3.61. The molecule has 0 aliphatic rings. The molecule has 0 unspecified atom stereocenters. The number of aromatic amines is 1. The normalized spacial score (nSPS) is 12.2. The minimum atomic E-state index is 0.134. The summed E-state index contributed by atoms with van der Waals surface area (Å²) in [7, 11) is 1.99. The van der Waals surface area contributed by atoms with Crippen molar-refractivity contribution in [1.29, 1.82) is 0 Å². The molecule has 0 fully saturated rings. The van der Waals surface area contributed by atoms with E-state index < -0.39 is 0 Å². The Hall–Kier alpha value is -1.32. The number of nitrogens with one attached hydrogen (secondary N) is 3. The van der Waals surface area contributed by atoms with Crippen LogP contribution in [0, 0.1) is 6.92 Å². The Labute approximate surface area is 115 Å². The molecule has 2 rings (SSSR count). The number of para-hydroxylation sites is 1. The second-order valence-electron chi connectivity index (χ2n) is 5.87. The zero-order chi connectivity index (χ0) is 13.9. The fraction of sp³-hybridized carbons (Fsp3) is 0.500. The van der Waals surface area contributed by atoms with Crippen molar-refractivity contribution in [3.63, 3.8) is 0 Å². The minimum absolute atomic E-state index is 0.134. The van der Waals surface area contributed by atoms with Gasteiger partial charge in [-0.25, -0.2) is 0 Å². The van der Waals surface area contributed by atoms with Crippen molar-refractivity contribution in [2.24, 2.45) is 0 Å². The smallest absolute Gasteiger partial charge is 0.0458 e. The van der Waals surface area contributed by atoms with E-state index in [0.29, 0.717) is 0 Å². The van der Waals surface area contributed by atoms with Crippen LogP contribution in [-0.2, 0) is 6.42 Å². The number of likely N-dealkylation sites (N-methyl/N-ethyl adjacent to an activating group) is 1. The summed E-state index contributed by atoms with van der Waals surface area (Å²) < 4.78 is 0. The number of hydrogen-bond acceptors (Lipinski definition) is 2. The van der Waals surface area contributed by atoms with E-state index in [-0.39, 0.29) is 5.54 Å². The van der Waals surface area contributed by atoms with Crippen LogP contribution in [0.4, 0.5) is 0 Å². The van der Waals surface area contributed by atoms with Crippen LogP contribution in [-0.4, -0.2) is 30.7 Å². The molecule has 1 aromatic heterocycles. The highest BCUT2D eigenvalue weighted by molar-refractivity contribution is 5.84. The molecule has 0 spiro atoms. The summed E-state index contributed by atoms with van der Waals surface area (Å²) in [5.41, 5.74) is 4.09. The number of benzene rings is 1. The maximum Gasteiger partial charge on any atom is 0.0458 e. The summed E-state index contributed by atoms with van der Waals surface area (Å²) in [4.78, 5) is 3.46. The number of H-pyrrole nitrogens is 1. The molecule has 1 aromatic carbocycles. The van der Waals surface area contributed by atoms with Crippen molar-refractivity contribution in [3.05, 3.63) is 35.5 Å². The number of rotatable bonds is 6. The maximum absolute atomic E-state index is 3.61. The topological polar surface area (TPSA) is 39.8 Å². The number of fused-ring (bicyclic) bond motifs is 1. The predicted molar refractivity (Wildman–Crippen MR) is 82.7 cm³/mol. The van der Waals surface area contributed by atoms with E-state index in [1.165, 1.54) is 22.2 Å². The van der Waals surface area contributed by atoms with Crippen molar-refractivity contribution < 1.29 is 0 Å². The highest BCUT2D eigenvalue weighted by Gasteiger charge is 2.15. The van der Waals surface area contributed by atoms with Gasteiger partial charge in [0.05, 0.1) is 0 Å². The molecule has 19 heavy (non-hydrogen) atoms. The van der Waals surface area contributed by atoms with E-state index >= 15 is 0 Å². The van der Waals surface area contributed by atoms with Crippen LogP contribution in [0.2, 0.25) is 0 Å². The summed E-state index contributed by atoms with van der Waals surface area (Å²) in [6, 6.07) is 8.53. The van der Waals surface area contributed by atoms with Gasteiger partial charge >= 0.3 is 0 Å². The van der Waals surface area contributed by atoms with Crippen molar-refractivity contribution in [2.75, 3.05) is 20.1 Å². The van der Waals surface area contributed by atoms with Gasteiger partial charge in [-0.2, -0.15) is 0 Å². The van der Waals surface area contributed by atoms with Crippen LogP contribution >= 0.6 is 0 Å². The van der Waals surface area contributed by atoms with Gasteiger partial charge in [-0.1, -0.05) is 18.2 Å². The number of aromatic nitrogens is 1. The van der Waals surface area contributed by atoms with E-state index in [1.54, 1.807) is 0 Å². The van der Waals surface area contributed by atoms with Gasteiger partial charge in [0.15, 0.2) is 0 Å². The Morgan fingerprint density at radius 3 is 2.68 bits per heavy atom. The van der Waals surface area contributed by atoms with E-state index in [4.69, 9.17) is 0 Å². The highest BCUT2D eigenvalue weighted by atomic mass is 15.0. The second-order valence-corrected chi connectivity index (χ2v) is 5.87. The van der Waals surface area contributed by atoms with Crippen LogP contribution < -0.4 is 10.6 Å². The van der Waals surface area contributed by atoms with E-state index in [9.17, 15) is 0 Å². The van der Waals surface area contributed by atoms with Gasteiger partial charge in [0.1, 0.15) is 0 Å². The fourth-order valence-electron chi connectivity index (χ4n) is 2.69. The van der Waals surface area contributed by atoms with Crippen LogP contribution in [0.25, 0.3) is 10.9 Å². The number of hydrogen-bond donors (Lipinski definition) is 3. The molecule has 0 amide bonds. The van der Waals surface area contributed by atoms with Gasteiger partial charge in [0.2, 0.25) is 0 Å². The van der Waals surface area contributed by atoms with Gasteiger partial charge in [-0.15, -0.1) is 0 Å². The van der Waals surface area contributed by atoms with E-state index in [2.05, 4.69) is 60.7 Å². The molecule has 3 heteroatoms. The predicted octanol–water partition coefficient (Wildman–Crippen LogP) is 2.61. The Balaban J connectivity index is 2.04. The molecule has 3 N–H and O–H groups in total. The van der Waals surface area contributed by atoms with Gasteiger partial charge < -0.3 is 15.6 Å². The number of aryl methyl sites for hydroxylation is 1. The van der Waals surface area contributed by atoms with Gasteiger partial charge in [-0.3, -0.25) is 0 Å². The monoisotopic (exact) mass is 259 g/mol. The van der Waals surface area contributed by atoms with E-state index in [0.717, 1.165) is 19.5 Å². The molecule has 1 heterocycles. The standard InChI is InChI=1S/C16H25N3/c1-12-13(9-10-18-16(2,3)11-17-4)14-7-5-6-8-15(14)19-12/h5-8,17-19H,9-11H2,1-4H3. The van der Waals surface area contributed by atoms with Crippen molar-refractivity contribution >= 4 is 10.9 Å². The molecule has 0 atom stereocenters. The zero-order valence-electron chi connectivity index (χ0n) is 12.4. The Morgan fingerprint density at radius 2 is 1.95 bits per heavy atom. The molecule has 0 aliphatic carbocycles. The lowest BCUT2D eigenvalue weighted by atomic mass is 10.0. The summed E-state index contributed by atoms with van der Waals surface area (Å²) in [5.74, 6) is 0. The first-order valence-electron chi connectivity index (χ1n) is 6.99. The molecular formula is C16H25N3. The molecule has 0 saturated heterocycles. The lowest BCUT2D eigenvalue weighted by molar-refractivity contribution is 0.379. The largest absolute Gasteiger partial charge is 0.358 e. The Bertz CT molecular complexity index is 540. The summed E-state index contributed by atoms with van der Waals surface area (Å²) in [6.45, 7) is 8.59. The lowest BCUT2D eigenvalue weighted by Gasteiger charge is -2.26. The molecule has 0 aliphatic heterocycles. The third kappa shape index (κ3) is 3.37. The average molecular weight is 259 g/mol. The third-order valence-electron chi connectivity index (χ3n) is 3.62. The van der Waals surface area contributed by atoms with E-state index in [1.807, 2.05) is 7.05 Å². The van der Waals surface area contributed by atoms with Crippen LogP contribution in [0.5, 0.6) is 0 Å². The lowest BCUT2D eigenvalue weighted by Crippen LogP contribution is -2.47. The van der Waals surface area contributed by atoms with Gasteiger partial charge in [0, 0.05) is 28.7 Å². The first-order chi connectivity index (χ1) is 9.03. The van der Waals surface area contributed by atoms with Crippen LogP contribution in [0.1, 0.15) is 25.1 Å². The van der Waals surface area contributed by atoms with Crippen molar-refractivity contribution in [3.8, 4) is 0 Å². The highest BCUT2D eigenvalue weighted by Crippen LogP contribution is 2.22. The van der Waals surface area contributed by atoms with Crippen molar-refractivity contribution in [1.82, 2.24) is 15.6 Å². The molecular weight excluding hydrogens is 234 g/mol. The summed E-state index contributed by atoms with van der Waals surface area (Å²) in [5, 5.41) is 8.19. The molecule has 2 aromatic rings. The van der Waals surface area contributed by atoms with Crippen LogP contribution in [0.3, 0.4) is 0 Å². The molecule has 0 radical (unpaired) electrons. The van der Waals surface area contributed by atoms with Gasteiger partial charge in [-0.05, 0) is 52.4 Å². The SMILES string of the molecule is CNCC(C)(C)NCCc1c(C)[nH]c2ccccc12. The van der Waals surface area contributed by atoms with Crippen molar-refractivity contribution in [2.45, 2.75) is 32.7 Å². The average Bonchev–Trinajstić information content (AvgIpc) is 2.66.